The highest BCUT2D eigenvalue weighted by atomic mass is 16.2. The van der Waals surface area contributed by atoms with Crippen LogP contribution in [0.15, 0.2) is 55.3 Å². The standard InChI is InChI=1S/C22H32N2O2.C4H10/c1-6-10-19(13-20(25)14-22(3,4)5)17(2)23-16-21(26)24-15-18-11-8-7-9-12-18;1-4(2)3/h6-9,11-12,19,23H,1-2,10,13-16H2,3-5H3,(H,24,26);4H,1-3H3. The molecule has 4 heteroatoms. The number of nitrogens with one attached hydrogen (secondary N) is 2. The molecule has 2 N–H and O–H groups in total. The predicted molar refractivity (Wildman–Crippen MR) is 128 cm³/mol. The predicted octanol–water partition coefficient (Wildman–Crippen LogP) is 5.66. The lowest BCUT2D eigenvalue weighted by Crippen LogP contribution is -2.34. The Kier molecular flexibility index (Phi) is 13.4. The van der Waals surface area contributed by atoms with E-state index in [2.05, 4.69) is 65.3 Å². The van der Waals surface area contributed by atoms with Crippen LogP contribution in [0.25, 0.3) is 0 Å². The van der Waals surface area contributed by atoms with Gasteiger partial charge >= 0.3 is 0 Å². The van der Waals surface area contributed by atoms with Crippen LogP contribution in [0, 0.1) is 17.3 Å². The summed E-state index contributed by atoms with van der Waals surface area (Å²) in [5.41, 5.74) is 1.74. The van der Waals surface area contributed by atoms with Crippen molar-refractivity contribution in [3.05, 3.63) is 60.8 Å². The number of allylic oxidation sites excluding steroid dienone is 2. The minimum Gasteiger partial charge on any atom is -0.380 e. The molecular formula is C26H42N2O2. The van der Waals surface area contributed by atoms with Crippen LogP contribution in [0.3, 0.4) is 0 Å². The number of benzene rings is 1. The van der Waals surface area contributed by atoms with E-state index in [0.29, 0.717) is 31.5 Å². The topological polar surface area (TPSA) is 58.2 Å². The van der Waals surface area contributed by atoms with Gasteiger partial charge in [0.1, 0.15) is 5.78 Å². The number of carbonyl (C=O) groups is 2. The Bertz CT molecular complexity index is 655. The summed E-state index contributed by atoms with van der Waals surface area (Å²) in [5, 5.41) is 5.93. The van der Waals surface area contributed by atoms with Crippen LogP contribution in [0.1, 0.15) is 66.4 Å². The van der Waals surface area contributed by atoms with Crippen LogP contribution in [-0.2, 0) is 16.1 Å². The number of hydrogen-bond acceptors (Lipinski definition) is 3. The number of carbonyl (C=O) groups excluding carboxylic acids is 2. The molecular weight excluding hydrogens is 372 g/mol. The van der Waals surface area contributed by atoms with Gasteiger partial charge < -0.3 is 10.6 Å². The zero-order chi connectivity index (χ0) is 23.2. The molecule has 1 atom stereocenters. The Morgan fingerprint density at radius 3 is 2.13 bits per heavy atom. The van der Waals surface area contributed by atoms with Crippen LogP contribution >= 0.6 is 0 Å². The fourth-order valence-electron chi connectivity index (χ4n) is 2.69. The van der Waals surface area contributed by atoms with E-state index in [0.717, 1.165) is 11.5 Å². The van der Waals surface area contributed by atoms with E-state index in [1.165, 1.54) is 0 Å². The van der Waals surface area contributed by atoms with Crippen LogP contribution in [0.2, 0.25) is 0 Å². The summed E-state index contributed by atoms with van der Waals surface area (Å²) < 4.78 is 0. The molecule has 0 heterocycles. The normalized spacial score (nSPS) is 11.7. The van der Waals surface area contributed by atoms with E-state index < -0.39 is 0 Å². The summed E-state index contributed by atoms with van der Waals surface area (Å²) in [5.74, 6) is 0.901. The number of amides is 1. The van der Waals surface area contributed by atoms with Crippen molar-refractivity contribution in [3.8, 4) is 0 Å². The molecule has 1 aromatic carbocycles. The van der Waals surface area contributed by atoms with Gasteiger partial charge in [-0.05, 0) is 23.3 Å². The first-order valence-corrected chi connectivity index (χ1v) is 10.8. The molecule has 168 valence electrons. The average molecular weight is 415 g/mol. The minimum atomic E-state index is -0.103. The minimum absolute atomic E-state index is 0.0259. The molecule has 0 fully saturated rings. The monoisotopic (exact) mass is 414 g/mol. The number of hydrogen-bond donors (Lipinski definition) is 2. The smallest absolute Gasteiger partial charge is 0.239 e. The highest BCUT2D eigenvalue weighted by Gasteiger charge is 2.21. The molecule has 1 amide bonds. The van der Waals surface area contributed by atoms with Gasteiger partial charge in [-0.15, -0.1) is 6.58 Å². The third-order valence-corrected chi connectivity index (χ3v) is 3.95. The van der Waals surface area contributed by atoms with Gasteiger partial charge in [-0.2, -0.15) is 0 Å². The first kappa shape index (κ1) is 27.6. The first-order valence-electron chi connectivity index (χ1n) is 10.8. The molecule has 1 rings (SSSR count). The quantitative estimate of drug-likeness (QED) is 0.460. The molecule has 4 nitrogen and oxygen atoms in total. The summed E-state index contributed by atoms with van der Waals surface area (Å²) in [6, 6.07) is 9.75. The molecule has 0 bridgehead atoms. The Morgan fingerprint density at radius 2 is 1.63 bits per heavy atom. The maximum Gasteiger partial charge on any atom is 0.239 e. The first-order chi connectivity index (χ1) is 13.9. The van der Waals surface area contributed by atoms with Crippen LogP contribution in [-0.4, -0.2) is 18.2 Å². The number of ketones is 1. The fourth-order valence-corrected chi connectivity index (χ4v) is 2.69. The molecule has 0 spiro atoms. The fraction of sp³-hybridized carbons (Fsp3) is 0.538. The number of Topliss-reactive ketones (excluding diaryl/α,β-unsaturated/α-hetero) is 1. The van der Waals surface area contributed by atoms with E-state index in [4.69, 9.17) is 0 Å². The molecule has 0 radical (unpaired) electrons. The summed E-state index contributed by atoms with van der Waals surface area (Å²) in [4.78, 5) is 24.3. The third-order valence-electron chi connectivity index (χ3n) is 3.95. The second kappa shape index (κ2) is 14.6. The number of rotatable bonds is 11. The van der Waals surface area contributed by atoms with Gasteiger partial charge in [-0.3, -0.25) is 9.59 Å². The zero-order valence-corrected chi connectivity index (χ0v) is 19.9. The van der Waals surface area contributed by atoms with Gasteiger partial charge in [-0.25, -0.2) is 0 Å². The van der Waals surface area contributed by atoms with Crippen molar-refractivity contribution in [3.63, 3.8) is 0 Å². The van der Waals surface area contributed by atoms with Crippen molar-refractivity contribution in [1.29, 1.82) is 0 Å². The van der Waals surface area contributed by atoms with Crippen molar-refractivity contribution >= 4 is 11.7 Å². The third kappa shape index (κ3) is 15.5. The summed E-state index contributed by atoms with van der Waals surface area (Å²) >= 11 is 0. The van der Waals surface area contributed by atoms with E-state index in [1.54, 1.807) is 6.08 Å². The van der Waals surface area contributed by atoms with Gasteiger partial charge in [0.2, 0.25) is 5.91 Å². The van der Waals surface area contributed by atoms with E-state index in [1.807, 2.05) is 30.3 Å². The maximum absolute atomic E-state index is 12.3. The molecule has 0 aliphatic rings. The summed E-state index contributed by atoms with van der Waals surface area (Å²) in [6.07, 6.45) is 3.40. The van der Waals surface area contributed by atoms with Gasteiger partial charge in [0.15, 0.2) is 0 Å². The maximum atomic E-state index is 12.3. The average Bonchev–Trinajstić information content (AvgIpc) is 2.63. The SMILES string of the molecule is C=CCC(CC(=O)CC(C)(C)C)C(=C)NCC(=O)NCc1ccccc1.CC(C)C. The summed E-state index contributed by atoms with van der Waals surface area (Å²) in [6.45, 7) is 21.1. The van der Waals surface area contributed by atoms with Crippen LogP contribution < -0.4 is 10.6 Å². The largest absolute Gasteiger partial charge is 0.380 e. The lowest BCUT2D eigenvalue weighted by molar-refractivity contribution is -0.121. The van der Waals surface area contributed by atoms with Crippen molar-refractivity contribution in [2.75, 3.05) is 6.54 Å². The zero-order valence-electron chi connectivity index (χ0n) is 19.9. The van der Waals surface area contributed by atoms with E-state index >= 15 is 0 Å². The molecule has 0 saturated heterocycles. The van der Waals surface area contributed by atoms with Crippen LogP contribution in [0.4, 0.5) is 0 Å². The van der Waals surface area contributed by atoms with E-state index in [-0.39, 0.29) is 29.6 Å². The van der Waals surface area contributed by atoms with Crippen LogP contribution in [0.5, 0.6) is 0 Å². The molecule has 0 saturated carbocycles. The van der Waals surface area contributed by atoms with Gasteiger partial charge in [0.25, 0.3) is 0 Å². The highest BCUT2D eigenvalue weighted by Crippen LogP contribution is 2.24. The lowest BCUT2D eigenvalue weighted by atomic mass is 9.85. The Labute approximate surface area is 184 Å². The highest BCUT2D eigenvalue weighted by molar-refractivity contribution is 5.80. The van der Waals surface area contributed by atoms with E-state index in [9.17, 15) is 9.59 Å². The molecule has 0 aliphatic heterocycles. The van der Waals surface area contributed by atoms with Crippen molar-refractivity contribution < 1.29 is 9.59 Å². The van der Waals surface area contributed by atoms with Gasteiger partial charge in [-0.1, -0.05) is 84.5 Å². The molecule has 1 unspecified atom stereocenters. The van der Waals surface area contributed by atoms with Crippen molar-refractivity contribution in [2.24, 2.45) is 17.3 Å². The second-order valence-electron chi connectivity index (χ2n) is 9.57. The summed E-state index contributed by atoms with van der Waals surface area (Å²) in [7, 11) is 0. The molecule has 0 aromatic heterocycles. The lowest BCUT2D eigenvalue weighted by Gasteiger charge is -2.22. The molecule has 1 aromatic rings. The Morgan fingerprint density at radius 1 is 1.07 bits per heavy atom. The molecule has 0 aliphatic carbocycles. The van der Waals surface area contributed by atoms with Gasteiger partial charge in [0, 0.05) is 31.0 Å². The Hall–Kier alpha value is -2.36. The van der Waals surface area contributed by atoms with Crippen molar-refractivity contribution in [1.82, 2.24) is 10.6 Å². The Balaban J connectivity index is 0.00000192. The van der Waals surface area contributed by atoms with Crippen molar-refractivity contribution in [2.45, 2.75) is 67.3 Å². The second-order valence-corrected chi connectivity index (χ2v) is 9.57. The molecule has 30 heavy (non-hydrogen) atoms. The van der Waals surface area contributed by atoms with Gasteiger partial charge in [0.05, 0.1) is 6.54 Å².